The lowest BCUT2D eigenvalue weighted by Gasteiger charge is -2.25. The van der Waals surface area contributed by atoms with Crippen molar-refractivity contribution in [1.82, 2.24) is 0 Å². The van der Waals surface area contributed by atoms with E-state index in [-0.39, 0.29) is 0 Å². The summed E-state index contributed by atoms with van der Waals surface area (Å²) >= 11 is 11.8. The van der Waals surface area contributed by atoms with Crippen LogP contribution in [0.25, 0.3) is 0 Å². The van der Waals surface area contributed by atoms with Gasteiger partial charge in [0.25, 0.3) is 0 Å². The molecule has 0 spiro atoms. The minimum atomic E-state index is 0.541. The van der Waals surface area contributed by atoms with Crippen LogP contribution < -0.4 is 0 Å². The molecule has 88 valence electrons. The molecule has 0 aliphatic heterocycles. The van der Waals surface area contributed by atoms with Gasteiger partial charge in [-0.2, -0.15) is 0 Å². The molecule has 1 heterocycles. The minimum absolute atomic E-state index is 0.541. The SMILES string of the molecule is Cc1cc(C(Br)C2CC3CCC2C3)sc1Cl. The molecule has 4 atom stereocenters. The van der Waals surface area contributed by atoms with E-state index in [0.717, 1.165) is 22.1 Å². The summed E-state index contributed by atoms with van der Waals surface area (Å²) in [5, 5.41) is 0. The van der Waals surface area contributed by atoms with E-state index in [9.17, 15) is 0 Å². The largest absolute Gasteiger partial charge is 0.127 e. The lowest BCUT2D eigenvalue weighted by atomic mass is 9.86. The number of thiophene rings is 1. The first kappa shape index (κ1) is 11.6. The highest BCUT2D eigenvalue weighted by molar-refractivity contribution is 9.09. The van der Waals surface area contributed by atoms with E-state index in [0.29, 0.717) is 4.83 Å². The topological polar surface area (TPSA) is 0 Å². The van der Waals surface area contributed by atoms with Crippen molar-refractivity contribution in [1.29, 1.82) is 0 Å². The highest BCUT2D eigenvalue weighted by atomic mass is 79.9. The average Bonchev–Trinajstić information content (AvgIpc) is 2.94. The normalized spacial score (nSPS) is 34.6. The molecule has 0 aromatic carbocycles. The van der Waals surface area contributed by atoms with E-state index in [1.54, 1.807) is 11.3 Å². The van der Waals surface area contributed by atoms with Gasteiger partial charge >= 0.3 is 0 Å². The summed E-state index contributed by atoms with van der Waals surface area (Å²) in [6, 6.07) is 2.26. The lowest BCUT2D eigenvalue weighted by molar-refractivity contribution is 0.331. The Kier molecular flexibility index (Phi) is 3.10. The molecule has 2 fully saturated rings. The summed E-state index contributed by atoms with van der Waals surface area (Å²) < 4.78 is 0.961. The van der Waals surface area contributed by atoms with Crippen molar-refractivity contribution in [2.24, 2.45) is 17.8 Å². The number of rotatable bonds is 2. The van der Waals surface area contributed by atoms with Crippen molar-refractivity contribution in [2.75, 3.05) is 0 Å². The summed E-state index contributed by atoms with van der Waals surface area (Å²) in [5.74, 6) is 2.84. The van der Waals surface area contributed by atoms with Gasteiger partial charge < -0.3 is 0 Å². The number of hydrogen-bond acceptors (Lipinski definition) is 1. The van der Waals surface area contributed by atoms with Crippen LogP contribution in [0.3, 0.4) is 0 Å². The van der Waals surface area contributed by atoms with Gasteiger partial charge in [-0.25, -0.2) is 0 Å². The Bertz CT molecular complexity index is 381. The lowest BCUT2D eigenvalue weighted by Crippen LogP contribution is -2.14. The van der Waals surface area contributed by atoms with Crippen LogP contribution in [0, 0.1) is 24.7 Å². The predicted octanol–water partition coefficient (Wildman–Crippen LogP) is 5.58. The van der Waals surface area contributed by atoms with E-state index < -0.39 is 0 Å². The van der Waals surface area contributed by atoms with E-state index >= 15 is 0 Å². The Morgan fingerprint density at radius 3 is 2.75 bits per heavy atom. The van der Waals surface area contributed by atoms with Crippen molar-refractivity contribution in [3.05, 3.63) is 20.8 Å². The van der Waals surface area contributed by atoms with Crippen LogP contribution >= 0.6 is 38.9 Å². The number of alkyl halides is 1. The molecule has 0 radical (unpaired) electrons. The first-order valence-corrected chi connectivity index (χ1v) is 8.16. The zero-order chi connectivity index (χ0) is 11.3. The minimum Gasteiger partial charge on any atom is -0.127 e. The first-order chi connectivity index (χ1) is 7.65. The third-order valence-corrected chi connectivity index (χ3v) is 7.43. The first-order valence-electron chi connectivity index (χ1n) is 6.05. The summed E-state index contributed by atoms with van der Waals surface area (Å²) in [6.07, 6.45) is 5.83. The molecular formula is C13H16BrClS. The highest BCUT2D eigenvalue weighted by Crippen LogP contribution is 2.55. The second-order valence-electron chi connectivity index (χ2n) is 5.35. The van der Waals surface area contributed by atoms with Crippen LogP contribution in [0.5, 0.6) is 0 Å². The second-order valence-corrected chi connectivity index (χ2v) is 8.02. The smallest absolute Gasteiger partial charge is 0.0960 e. The summed E-state index contributed by atoms with van der Waals surface area (Å²) in [7, 11) is 0. The molecule has 1 aromatic rings. The molecule has 2 bridgehead atoms. The molecule has 0 nitrogen and oxygen atoms in total. The number of hydrogen-bond donors (Lipinski definition) is 0. The van der Waals surface area contributed by atoms with Crippen molar-refractivity contribution >= 4 is 38.9 Å². The van der Waals surface area contributed by atoms with Gasteiger partial charge in [-0.15, -0.1) is 11.3 Å². The van der Waals surface area contributed by atoms with E-state index in [1.807, 2.05) is 0 Å². The molecule has 16 heavy (non-hydrogen) atoms. The van der Waals surface area contributed by atoms with Crippen LogP contribution in [0.2, 0.25) is 4.34 Å². The van der Waals surface area contributed by atoms with Crippen molar-refractivity contribution in [2.45, 2.75) is 37.4 Å². The molecule has 2 aliphatic carbocycles. The number of fused-ring (bicyclic) bond motifs is 2. The molecule has 0 saturated heterocycles. The summed E-state index contributed by atoms with van der Waals surface area (Å²) in [5.41, 5.74) is 1.23. The van der Waals surface area contributed by atoms with Gasteiger partial charge in [0.2, 0.25) is 0 Å². The van der Waals surface area contributed by atoms with E-state index in [4.69, 9.17) is 11.6 Å². The average molecular weight is 320 g/mol. The molecule has 0 N–H and O–H groups in total. The molecule has 1 aromatic heterocycles. The fourth-order valence-corrected chi connectivity index (χ4v) is 5.81. The molecule has 3 rings (SSSR count). The third-order valence-electron chi connectivity index (χ3n) is 4.32. The van der Waals surface area contributed by atoms with Gasteiger partial charge in [0.15, 0.2) is 0 Å². The second kappa shape index (κ2) is 4.29. The van der Waals surface area contributed by atoms with Gasteiger partial charge in [-0.1, -0.05) is 34.0 Å². The molecular weight excluding hydrogens is 304 g/mol. The Hall–Kier alpha value is 0.470. The summed E-state index contributed by atoms with van der Waals surface area (Å²) in [4.78, 5) is 1.97. The predicted molar refractivity (Wildman–Crippen MR) is 74.7 cm³/mol. The van der Waals surface area contributed by atoms with Crippen LogP contribution in [0.4, 0.5) is 0 Å². The zero-order valence-electron chi connectivity index (χ0n) is 9.38. The maximum absolute atomic E-state index is 6.16. The quantitative estimate of drug-likeness (QED) is 0.624. The van der Waals surface area contributed by atoms with Crippen LogP contribution in [-0.4, -0.2) is 0 Å². The van der Waals surface area contributed by atoms with Crippen molar-refractivity contribution in [3.63, 3.8) is 0 Å². The summed E-state index contributed by atoms with van der Waals surface area (Å²) in [6.45, 7) is 2.10. The van der Waals surface area contributed by atoms with Crippen molar-refractivity contribution < 1.29 is 0 Å². The molecule has 2 aliphatic rings. The van der Waals surface area contributed by atoms with Crippen LogP contribution in [0.1, 0.15) is 41.0 Å². The highest BCUT2D eigenvalue weighted by Gasteiger charge is 2.43. The Balaban J connectivity index is 1.80. The zero-order valence-corrected chi connectivity index (χ0v) is 12.5. The standard InChI is InChI=1S/C13H16BrClS/c1-7-4-11(16-13(7)15)12(14)10-6-8-2-3-9(10)5-8/h4,8-10,12H,2-3,5-6H2,1H3. The number of halogens is 2. The van der Waals surface area contributed by atoms with Crippen LogP contribution in [-0.2, 0) is 0 Å². The Morgan fingerprint density at radius 2 is 2.25 bits per heavy atom. The Morgan fingerprint density at radius 1 is 1.44 bits per heavy atom. The van der Waals surface area contributed by atoms with Gasteiger partial charge in [0.1, 0.15) is 0 Å². The fourth-order valence-electron chi connectivity index (χ4n) is 3.48. The van der Waals surface area contributed by atoms with E-state index in [1.165, 1.54) is 36.1 Å². The van der Waals surface area contributed by atoms with Crippen molar-refractivity contribution in [3.8, 4) is 0 Å². The molecule has 3 heteroatoms. The van der Waals surface area contributed by atoms with Gasteiger partial charge in [-0.05, 0) is 55.6 Å². The van der Waals surface area contributed by atoms with Gasteiger partial charge in [-0.3, -0.25) is 0 Å². The molecule has 2 saturated carbocycles. The van der Waals surface area contributed by atoms with Gasteiger partial charge in [0, 0.05) is 4.88 Å². The molecule has 0 amide bonds. The Labute approximate surface area is 115 Å². The monoisotopic (exact) mass is 318 g/mol. The van der Waals surface area contributed by atoms with Crippen LogP contribution in [0.15, 0.2) is 6.07 Å². The third kappa shape index (κ3) is 1.87. The van der Waals surface area contributed by atoms with E-state index in [2.05, 4.69) is 28.9 Å². The van der Waals surface area contributed by atoms with Gasteiger partial charge in [0.05, 0.1) is 9.16 Å². The maximum atomic E-state index is 6.16. The fraction of sp³-hybridized carbons (Fsp3) is 0.692. The maximum Gasteiger partial charge on any atom is 0.0960 e. The number of aryl methyl sites for hydroxylation is 1. The molecule has 4 unspecified atom stereocenters.